The summed E-state index contributed by atoms with van der Waals surface area (Å²) in [5.41, 5.74) is 0. The first-order chi connectivity index (χ1) is 9.83. The number of carbonyl (C=O) groups is 1. The van der Waals surface area contributed by atoms with E-state index in [1.165, 1.54) is 0 Å². The van der Waals surface area contributed by atoms with E-state index in [-0.39, 0.29) is 5.97 Å². The summed E-state index contributed by atoms with van der Waals surface area (Å²) in [5.74, 6) is 0.759. The van der Waals surface area contributed by atoms with E-state index in [4.69, 9.17) is 14.2 Å². The lowest BCUT2D eigenvalue weighted by Crippen LogP contribution is -2.07. The molecule has 1 aromatic rings. The summed E-state index contributed by atoms with van der Waals surface area (Å²) in [6.07, 6.45) is 3.32. The van der Waals surface area contributed by atoms with Gasteiger partial charge in [0.1, 0.15) is 12.4 Å². The van der Waals surface area contributed by atoms with Gasteiger partial charge in [-0.3, -0.25) is 4.79 Å². The molecule has 0 fully saturated rings. The van der Waals surface area contributed by atoms with Gasteiger partial charge in [-0.25, -0.2) is 0 Å². The second kappa shape index (κ2) is 11.3. The zero-order valence-corrected chi connectivity index (χ0v) is 12.2. The standard InChI is InChI=1S/C16H24O4/c1-2-19-16(17)11-7-4-8-12-18-13-14-20-15-9-5-3-6-10-15/h3,5-6,9-10H,2,4,7-8,11-14H2,1H3. The summed E-state index contributed by atoms with van der Waals surface area (Å²) in [7, 11) is 0. The molecule has 1 aromatic carbocycles. The molecule has 0 spiro atoms. The van der Waals surface area contributed by atoms with Crippen molar-refractivity contribution in [3.63, 3.8) is 0 Å². The van der Waals surface area contributed by atoms with E-state index in [0.717, 1.165) is 25.0 Å². The van der Waals surface area contributed by atoms with Gasteiger partial charge in [0.2, 0.25) is 0 Å². The molecule has 0 aromatic heterocycles. The van der Waals surface area contributed by atoms with Crippen molar-refractivity contribution in [2.45, 2.75) is 32.6 Å². The minimum Gasteiger partial charge on any atom is -0.491 e. The van der Waals surface area contributed by atoms with Gasteiger partial charge in [-0.1, -0.05) is 24.6 Å². The summed E-state index contributed by atoms with van der Waals surface area (Å²) in [5, 5.41) is 0. The minimum atomic E-state index is -0.107. The molecule has 112 valence electrons. The van der Waals surface area contributed by atoms with Crippen LogP contribution in [0, 0.1) is 0 Å². The van der Waals surface area contributed by atoms with Gasteiger partial charge in [0, 0.05) is 13.0 Å². The Bertz CT molecular complexity index is 351. The fraction of sp³-hybridized carbons (Fsp3) is 0.562. The molecule has 0 atom stereocenters. The van der Waals surface area contributed by atoms with Crippen molar-refractivity contribution in [3.8, 4) is 5.75 Å². The van der Waals surface area contributed by atoms with Gasteiger partial charge in [-0.15, -0.1) is 0 Å². The number of hydrogen-bond acceptors (Lipinski definition) is 4. The average molecular weight is 280 g/mol. The summed E-state index contributed by atoms with van der Waals surface area (Å²) < 4.78 is 15.8. The highest BCUT2D eigenvalue weighted by atomic mass is 16.5. The zero-order valence-electron chi connectivity index (χ0n) is 12.2. The van der Waals surface area contributed by atoms with Gasteiger partial charge in [0.15, 0.2) is 0 Å². The van der Waals surface area contributed by atoms with Crippen LogP contribution in [0.3, 0.4) is 0 Å². The van der Waals surface area contributed by atoms with E-state index in [0.29, 0.717) is 32.8 Å². The van der Waals surface area contributed by atoms with Crippen LogP contribution in [-0.2, 0) is 14.3 Å². The Hall–Kier alpha value is -1.55. The number of rotatable bonds is 11. The van der Waals surface area contributed by atoms with E-state index in [1.807, 2.05) is 37.3 Å². The maximum absolute atomic E-state index is 11.1. The molecule has 0 unspecified atom stereocenters. The summed E-state index contributed by atoms with van der Waals surface area (Å²) in [6.45, 7) is 4.15. The average Bonchev–Trinajstić information content (AvgIpc) is 2.47. The van der Waals surface area contributed by atoms with E-state index in [1.54, 1.807) is 0 Å². The SMILES string of the molecule is CCOC(=O)CCCCCOCCOc1ccccc1. The molecule has 0 heterocycles. The van der Waals surface area contributed by atoms with Gasteiger partial charge < -0.3 is 14.2 Å². The van der Waals surface area contributed by atoms with E-state index in [9.17, 15) is 4.79 Å². The molecule has 4 nitrogen and oxygen atoms in total. The Balaban J connectivity index is 1.84. The van der Waals surface area contributed by atoms with Crippen LogP contribution >= 0.6 is 0 Å². The largest absolute Gasteiger partial charge is 0.491 e. The lowest BCUT2D eigenvalue weighted by Gasteiger charge is -2.07. The monoisotopic (exact) mass is 280 g/mol. The topological polar surface area (TPSA) is 44.8 Å². The number of unbranched alkanes of at least 4 members (excludes halogenated alkanes) is 2. The Labute approximate surface area is 121 Å². The minimum absolute atomic E-state index is 0.107. The van der Waals surface area contributed by atoms with Crippen molar-refractivity contribution < 1.29 is 19.0 Å². The van der Waals surface area contributed by atoms with Crippen LogP contribution in [-0.4, -0.2) is 32.4 Å². The fourth-order valence-corrected chi connectivity index (χ4v) is 1.72. The summed E-state index contributed by atoms with van der Waals surface area (Å²) in [6, 6.07) is 9.70. The smallest absolute Gasteiger partial charge is 0.305 e. The number of esters is 1. The van der Waals surface area contributed by atoms with Crippen molar-refractivity contribution in [2.24, 2.45) is 0 Å². The van der Waals surface area contributed by atoms with Crippen LogP contribution in [0.1, 0.15) is 32.6 Å². The Morgan fingerprint density at radius 1 is 1.00 bits per heavy atom. The van der Waals surface area contributed by atoms with Gasteiger partial charge in [-0.05, 0) is 31.9 Å². The Morgan fingerprint density at radius 3 is 2.55 bits per heavy atom. The third-order valence-corrected chi connectivity index (χ3v) is 2.71. The predicted octanol–water partition coefficient (Wildman–Crippen LogP) is 3.21. The molecular formula is C16H24O4. The second-order valence-electron chi connectivity index (χ2n) is 4.39. The number of para-hydroxylation sites is 1. The zero-order chi connectivity index (χ0) is 14.5. The quantitative estimate of drug-likeness (QED) is 0.461. The number of ether oxygens (including phenoxy) is 3. The predicted molar refractivity (Wildman–Crippen MR) is 77.9 cm³/mol. The Morgan fingerprint density at radius 2 is 1.80 bits per heavy atom. The van der Waals surface area contributed by atoms with E-state index >= 15 is 0 Å². The van der Waals surface area contributed by atoms with Crippen molar-refractivity contribution in [2.75, 3.05) is 26.4 Å². The van der Waals surface area contributed by atoms with E-state index < -0.39 is 0 Å². The molecule has 0 aliphatic rings. The highest BCUT2D eigenvalue weighted by Gasteiger charge is 2.00. The lowest BCUT2D eigenvalue weighted by molar-refractivity contribution is -0.143. The first-order valence-electron chi connectivity index (χ1n) is 7.24. The molecule has 20 heavy (non-hydrogen) atoms. The number of hydrogen-bond donors (Lipinski definition) is 0. The van der Waals surface area contributed by atoms with Crippen LogP contribution in [0.15, 0.2) is 30.3 Å². The first kappa shape index (κ1) is 16.5. The third kappa shape index (κ3) is 8.53. The molecule has 0 N–H and O–H groups in total. The molecule has 1 rings (SSSR count). The van der Waals surface area contributed by atoms with Gasteiger partial charge in [0.05, 0.1) is 13.2 Å². The molecule has 0 amide bonds. The molecule has 0 radical (unpaired) electrons. The van der Waals surface area contributed by atoms with Crippen molar-refractivity contribution in [1.29, 1.82) is 0 Å². The van der Waals surface area contributed by atoms with Gasteiger partial charge in [0.25, 0.3) is 0 Å². The summed E-state index contributed by atoms with van der Waals surface area (Å²) >= 11 is 0. The first-order valence-corrected chi connectivity index (χ1v) is 7.24. The normalized spacial score (nSPS) is 10.2. The van der Waals surface area contributed by atoms with E-state index in [2.05, 4.69) is 0 Å². The maximum atomic E-state index is 11.1. The highest BCUT2D eigenvalue weighted by molar-refractivity contribution is 5.69. The molecule has 0 aliphatic carbocycles. The summed E-state index contributed by atoms with van der Waals surface area (Å²) in [4.78, 5) is 11.1. The van der Waals surface area contributed by atoms with Crippen LogP contribution in [0.25, 0.3) is 0 Å². The van der Waals surface area contributed by atoms with Crippen LogP contribution < -0.4 is 4.74 Å². The molecule has 4 heteroatoms. The molecule has 0 saturated carbocycles. The third-order valence-electron chi connectivity index (χ3n) is 2.71. The number of carbonyl (C=O) groups excluding carboxylic acids is 1. The lowest BCUT2D eigenvalue weighted by atomic mass is 10.2. The van der Waals surface area contributed by atoms with Gasteiger partial charge >= 0.3 is 5.97 Å². The van der Waals surface area contributed by atoms with Gasteiger partial charge in [-0.2, -0.15) is 0 Å². The molecule has 0 aliphatic heterocycles. The molecule has 0 bridgehead atoms. The molecule has 0 saturated heterocycles. The highest BCUT2D eigenvalue weighted by Crippen LogP contribution is 2.07. The van der Waals surface area contributed by atoms with Crippen molar-refractivity contribution in [3.05, 3.63) is 30.3 Å². The number of benzene rings is 1. The second-order valence-corrected chi connectivity index (χ2v) is 4.39. The van der Waals surface area contributed by atoms with Crippen molar-refractivity contribution >= 4 is 5.97 Å². The van der Waals surface area contributed by atoms with Crippen molar-refractivity contribution in [1.82, 2.24) is 0 Å². The van der Waals surface area contributed by atoms with Crippen LogP contribution in [0.4, 0.5) is 0 Å². The maximum Gasteiger partial charge on any atom is 0.305 e. The van der Waals surface area contributed by atoms with Crippen LogP contribution in [0.2, 0.25) is 0 Å². The molecular weight excluding hydrogens is 256 g/mol. The van der Waals surface area contributed by atoms with Crippen LogP contribution in [0.5, 0.6) is 5.75 Å². The Kier molecular flexibility index (Phi) is 9.32. The fourth-order valence-electron chi connectivity index (χ4n) is 1.72.